The Hall–Kier alpha value is -2.13. The summed E-state index contributed by atoms with van der Waals surface area (Å²) in [6.07, 6.45) is 0. The van der Waals surface area contributed by atoms with Gasteiger partial charge in [0, 0.05) is 6.04 Å². The lowest BCUT2D eigenvalue weighted by Gasteiger charge is -2.27. The number of carboxylic acid groups (broad SMARTS) is 1. The second kappa shape index (κ2) is 7.04. The Kier molecular flexibility index (Phi) is 5.12. The van der Waals surface area contributed by atoms with Gasteiger partial charge in [0.1, 0.15) is 6.04 Å². The molecule has 0 spiro atoms. The standard InChI is InChI=1S/C18H21NO2/c1-13(2)16(14-9-5-3-6-10-14)19-17(18(20)21)15-11-7-4-8-12-15/h3-13,16-17,19H,1-2H3,(H,20,21). The highest BCUT2D eigenvalue weighted by Gasteiger charge is 2.25. The molecular weight excluding hydrogens is 262 g/mol. The van der Waals surface area contributed by atoms with Crippen molar-refractivity contribution in [1.29, 1.82) is 0 Å². The van der Waals surface area contributed by atoms with E-state index < -0.39 is 12.0 Å². The number of benzene rings is 2. The minimum atomic E-state index is -0.859. The van der Waals surface area contributed by atoms with Crippen LogP contribution in [0.4, 0.5) is 0 Å². The fourth-order valence-electron chi connectivity index (χ4n) is 2.47. The van der Waals surface area contributed by atoms with Crippen LogP contribution in [0, 0.1) is 5.92 Å². The lowest BCUT2D eigenvalue weighted by molar-refractivity contribution is -0.140. The minimum absolute atomic E-state index is 0.00694. The Bertz CT molecular complexity index is 566. The van der Waals surface area contributed by atoms with Gasteiger partial charge in [-0.25, -0.2) is 0 Å². The summed E-state index contributed by atoms with van der Waals surface area (Å²) in [4.78, 5) is 11.6. The third-order valence-electron chi connectivity index (χ3n) is 3.55. The van der Waals surface area contributed by atoms with Crippen LogP contribution in [0.25, 0.3) is 0 Å². The first-order chi connectivity index (χ1) is 10.1. The summed E-state index contributed by atoms with van der Waals surface area (Å²) in [5.74, 6) is -0.569. The van der Waals surface area contributed by atoms with E-state index in [-0.39, 0.29) is 12.0 Å². The van der Waals surface area contributed by atoms with Crippen LogP contribution in [0.1, 0.15) is 37.1 Å². The van der Waals surface area contributed by atoms with Gasteiger partial charge in [-0.2, -0.15) is 0 Å². The number of aliphatic carboxylic acids is 1. The largest absolute Gasteiger partial charge is 0.480 e. The van der Waals surface area contributed by atoms with E-state index in [0.29, 0.717) is 0 Å². The summed E-state index contributed by atoms with van der Waals surface area (Å²) in [5.41, 5.74) is 1.88. The van der Waals surface area contributed by atoms with Crippen LogP contribution in [-0.2, 0) is 4.79 Å². The Morgan fingerprint density at radius 2 is 1.38 bits per heavy atom. The molecule has 2 atom stereocenters. The summed E-state index contributed by atoms with van der Waals surface area (Å²) < 4.78 is 0. The van der Waals surface area contributed by atoms with Crippen molar-refractivity contribution >= 4 is 5.97 Å². The predicted molar refractivity (Wildman–Crippen MR) is 84.0 cm³/mol. The van der Waals surface area contributed by atoms with Crippen LogP contribution in [0.3, 0.4) is 0 Å². The number of hydrogen-bond donors (Lipinski definition) is 2. The van der Waals surface area contributed by atoms with E-state index in [4.69, 9.17) is 0 Å². The van der Waals surface area contributed by atoms with Gasteiger partial charge in [0.2, 0.25) is 0 Å². The molecule has 3 nitrogen and oxygen atoms in total. The molecule has 3 heteroatoms. The van der Waals surface area contributed by atoms with E-state index in [1.165, 1.54) is 0 Å². The average Bonchev–Trinajstić information content (AvgIpc) is 2.49. The molecule has 0 aliphatic carbocycles. The molecule has 21 heavy (non-hydrogen) atoms. The van der Waals surface area contributed by atoms with Gasteiger partial charge in [0.25, 0.3) is 0 Å². The highest BCUT2D eigenvalue weighted by molar-refractivity contribution is 5.75. The molecule has 0 aromatic heterocycles. The molecule has 0 saturated carbocycles. The number of rotatable bonds is 6. The molecule has 2 unspecified atom stereocenters. The van der Waals surface area contributed by atoms with Crippen LogP contribution in [0.2, 0.25) is 0 Å². The quantitative estimate of drug-likeness (QED) is 0.847. The maximum Gasteiger partial charge on any atom is 0.325 e. The van der Waals surface area contributed by atoms with Crippen molar-refractivity contribution in [2.75, 3.05) is 0 Å². The van der Waals surface area contributed by atoms with Crippen molar-refractivity contribution < 1.29 is 9.90 Å². The molecule has 0 saturated heterocycles. The fraction of sp³-hybridized carbons (Fsp3) is 0.278. The summed E-state index contributed by atoms with van der Waals surface area (Å²) in [6, 6.07) is 18.6. The van der Waals surface area contributed by atoms with Crippen molar-refractivity contribution in [3.05, 3.63) is 71.8 Å². The Labute approximate surface area is 125 Å². The van der Waals surface area contributed by atoms with Gasteiger partial charge in [-0.15, -0.1) is 0 Å². The lowest BCUT2D eigenvalue weighted by Crippen LogP contribution is -2.34. The third-order valence-corrected chi connectivity index (χ3v) is 3.55. The van der Waals surface area contributed by atoms with E-state index in [2.05, 4.69) is 19.2 Å². The van der Waals surface area contributed by atoms with Crippen molar-refractivity contribution in [2.45, 2.75) is 25.9 Å². The zero-order chi connectivity index (χ0) is 15.2. The van der Waals surface area contributed by atoms with Gasteiger partial charge in [0.05, 0.1) is 0 Å². The number of nitrogens with one attached hydrogen (secondary N) is 1. The van der Waals surface area contributed by atoms with Crippen LogP contribution in [0.15, 0.2) is 60.7 Å². The average molecular weight is 283 g/mol. The van der Waals surface area contributed by atoms with E-state index in [1.807, 2.05) is 60.7 Å². The molecule has 110 valence electrons. The zero-order valence-electron chi connectivity index (χ0n) is 12.4. The van der Waals surface area contributed by atoms with Crippen LogP contribution >= 0.6 is 0 Å². The normalized spacial score (nSPS) is 13.9. The molecule has 2 rings (SSSR count). The molecule has 0 fully saturated rings. The van der Waals surface area contributed by atoms with Gasteiger partial charge in [-0.1, -0.05) is 74.5 Å². The third kappa shape index (κ3) is 3.92. The Balaban J connectivity index is 2.27. The zero-order valence-corrected chi connectivity index (χ0v) is 12.4. The molecule has 0 aliphatic rings. The van der Waals surface area contributed by atoms with Crippen LogP contribution in [-0.4, -0.2) is 11.1 Å². The molecule has 2 aromatic rings. The van der Waals surface area contributed by atoms with Gasteiger partial charge >= 0.3 is 5.97 Å². The number of carboxylic acids is 1. The van der Waals surface area contributed by atoms with Gasteiger partial charge in [-0.3, -0.25) is 10.1 Å². The lowest BCUT2D eigenvalue weighted by atomic mass is 9.94. The number of carbonyl (C=O) groups is 1. The van der Waals surface area contributed by atoms with Crippen LogP contribution < -0.4 is 5.32 Å². The summed E-state index contributed by atoms with van der Waals surface area (Å²) in [7, 11) is 0. The minimum Gasteiger partial charge on any atom is -0.480 e. The topological polar surface area (TPSA) is 49.3 Å². The number of hydrogen-bond acceptors (Lipinski definition) is 2. The first kappa shape index (κ1) is 15.3. The van der Waals surface area contributed by atoms with E-state index in [9.17, 15) is 9.90 Å². The predicted octanol–water partition coefficient (Wildman–Crippen LogP) is 3.80. The molecule has 0 radical (unpaired) electrons. The van der Waals surface area contributed by atoms with Gasteiger partial charge < -0.3 is 5.11 Å². The van der Waals surface area contributed by atoms with Crippen molar-refractivity contribution in [3.8, 4) is 0 Å². The molecule has 2 aromatic carbocycles. The smallest absolute Gasteiger partial charge is 0.325 e. The van der Waals surface area contributed by atoms with Gasteiger partial charge in [-0.05, 0) is 17.0 Å². The first-order valence-electron chi connectivity index (χ1n) is 7.18. The Morgan fingerprint density at radius 1 is 0.905 bits per heavy atom. The van der Waals surface area contributed by atoms with Crippen molar-refractivity contribution in [3.63, 3.8) is 0 Å². The van der Waals surface area contributed by atoms with E-state index in [0.717, 1.165) is 11.1 Å². The summed E-state index contributed by atoms with van der Waals surface area (Å²) in [6.45, 7) is 4.18. The second-order valence-corrected chi connectivity index (χ2v) is 5.48. The van der Waals surface area contributed by atoms with E-state index >= 15 is 0 Å². The fourth-order valence-corrected chi connectivity index (χ4v) is 2.47. The molecule has 2 N–H and O–H groups in total. The summed E-state index contributed by atoms with van der Waals surface area (Å²) >= 11 is 0. The van der Waals surface area contributed by atoms with E-state index in [1.54, 1.807) is 0 Å². The summed E-state index contributed by atoms with van der Waals surface area (Å²) in [5, 5.41) is 12.8. The Morgan fingerprint density at radius 3 is 1.81 bits per heavy atom. The highest BCUT2D eigenvalue weighted by Crippen LogP contribution is 2.26. The maximum atomic E-state index is 11.6. The molecular formula is C18H21NO2. The first-order valence-corrected chi connectivity index (χ1v) is 7.18. The van der Waals surface area contributed by atoms with Gasteiger partial charge in [0.15, 0.2) is 0 Å². The SMILES string of the molecule is CC(C)C(NC(C(=O)O)c1ccccc1)c1ccccc1. The highest BCUT2D eigenvalue weighted by atomic mass is 16.4. The maximum absolute atomic E-state index is 11.6. The van der Waals surface area contributed by atoms with Crippen molar-refractivity contribution in [2.24, 2.45) is 5.92 Å². The monoisotopic (exact) mass is 283 g/mol. The molecule has 0 heterocycles. The van der Waals surface area contributed by atoms with Crippen molar-refractivity contribution in [1.82, 2.24) is 5.32 Å². The molecule has 0 aliphatic heterocycles. The second-order valence-electron chi connectivity index (χ2n) is 5.48. The van der Waals surface area contributed by atoms with Crippen LogP contribution in [0.5, 0.6) is 0 Å². The molecule has 0 bridgehead atoms. The molecule has 0 amide bonds.